The Hall–Kier alpha value is -2.34. The predicted molar refractivity (Wildman–Crippen MR) is 105 cm³/mol. The van der Waals surface area contributed by atoms with E-state index in [-0.39, 0.29) is 0 Å². The summed E-state index contributed by atoms with van der Waals surface area (Å²) in [6, 6.07) is 10.3. The minimum atomic E-state index is 0.758. The van der Waals surface area contributed by atoms with Crippen molar-refractivity contribution >= 4 is 5.96 Å². The van der Waals surface area contributed by atoms with E-state index in [9.17, 15) is 0 Å². The van der Waals surface area contributed by atoms with Gasteiger partial charge in [-0.3, -0.25) is 4.99 Å². The van der Waals surface area contributed by atoms with Crippen LogP contribution in [0.3, 0.4) is 0 Å². The summed E-state index contributed by atoms with van der Waals surface area (Å²) in [5.41, 5.74) is 2.29. The number of rotatable bonds is 6. The maximum absolute atomic E-state index is 5.44. The predicted octanol–water partition coefficient (Wildman–Crippen LogP) is 2.70. The fourth-order valence-corrected chi connectivity index (χ4v) is 3.27. The summed E-state index contributed by atoms with van der Waals surface area (Å²) in [6.07, 6.45) is 7.29. The number of aliphatic imine (C=N–C) groups is 1. The lowest BCUT2D eigenvalue weighted by Gasteiger charge is -2.26. The van der Waals surface area contributed by atoms with Crippen molar-refractivity contribution in [2.45, 2.75) is 25.8 Å². The first-order valence-electron chi connectivity index (χ1n) is 9.35. The van der Waals surface area contributed by atoms with Crippen molar-refractivity contribution < 1.29 is 4.74 Å². The molecule has 0 bridgehead atoms. The fraction of sp³-hybridized carbons (Fsp3) is 0.500. The molecule has 140 valence electrons. The second-order valence-corrected chi connectivity index (χ2v) is 6.78. The van der Waals surface area contributed by atoms with E-state index in [0.29, 0.717) is 0 Å². The Labute approximate surface area is 155 Å². The third-order valence-corrected chi connectivity index (χ3v) is 4.94. The zero-order valence-electron chi connectivity index (χ0n) is 15.8. The number of hydrogen-bond acceptors (Lipinski definition) is 3. The number of aromatic nitrogens is 2. The summed E-state index contributed by atoms with van der Waals surface area (Å²) in [7, 11) is 3.95. The third kappa shape index (κ3) is 5.08. The van der Waals surface area contributed by atoms with Crippen LogP contribution < -0.4 is 5.32 Å². The van der Waals surface area contributed by atoms with E-state index in [1.54, 1.807) is 6.20 Å². The quantitative estimate of drug-likeness (QED) is 0.639. The summed E-state index contributed by atoms with van der Waals surface area (Å²) in [5, 5.41) is 7.71. The second kappa shape index (κ2) is 9.38. The fourth-order valence-electron chi connectivity index (χ4n) is 3.27. The van der Waals surface area contributed by atoms with E-state index >= 15 is 0 Å². The molecule has 2 aromatic rings. The average Bonchev–Trinajstić information content (AvgIpc) is 3.23. The lowest BCUT2D eigenvalue weighted by molar-refractivity contribution is 0.0625. The van der Waals surface area contributed by atoms with Crippen LogP contribution >= 0.6 is 0 Å². The molecule has 0 unspecified atom stereocenters. The minimum Gasteiger partial charge on any atom is -0.381 e. The largest absolute Gasteiger partial charge is 0.381 e. The van der Waals surface area contributed by atoms with E-state index in [4.69, 9.17) is 4.74 Å². The third-order valence-electron chi connectivity index (χ3n) is 4.94. The maximum Gasteiger partial charge on any atom is 0.193 e. The molecule has 1 aromatic carbocycles. The summed E-state index contributed by atoms with van der Waals surface area (Å²) in [6.45, 7) is 3.60. The molecule has 26 heavy (non-hydrogen) atoms. The molecule has 2 heterocycles. The van der Waals surface area contributed by atoms with E-state index < -0.39 is 0 Å². The zero-order chi connectivity index (χ0) is 18.2. The van der Waals surface area contributed by atoms with Gasteiger partial charge in [-0.2, -0.15) is 5.10 Å². The van der Waals surface area contributed by atoms with E-state index in [1.807, 2.05) is 24.0 Å². The molecule has 1 saturated heterocycles. The Morgan fingerprint density at radius 3 is 2.73 bits per heavy atom. The summed E-state index contributed by atoms with van der Waals surface area (Å²) < 4.78 is 7.30. The molecular weight excluding hydrogens is 326 g/mol. The van der Waals surface area contributed by atoms with Gasteiger partial charge in [-0.05, 0) is 48.9 Å². The van der Waals surface area contributed by atoms with Gasteiger partial charge in [-0.1, -0.05) is 12.1 Å². The van der Waals surface area contributed by atoms with Gasteiger partial charge in [0.05, 0.1) is 5.69 Å². The van der Waals surface area contributed by atoms with Crippen LogP contribution in [0.25, 0.3) is 5.69 Å². The maximum atomic E-state index is 5.44. The molecule has 1 aromatic heterocycles. The summed E-state index contributed by atoms with van der Waals surface area (Å²) in [5.74, 6) is 1.72. The Bertz CT molecular complexity index is 675. The standard InChI is InChI=1S/C20H29N5O/c1-21-20(24(2)13-8-17-9-14-26-15-10-17)22-16-18-4-6-19(7-5-18)25-12-3-11-23-25/h3-7,11-12,17H,8-10,13-16H2,1-2H3,(H,21,22). The van der Waals surface area contributed by atoms with Crippen molar-refractivity contribution in [1.29, 1.82) is 0 Å². The van der Waals surface area contributed by atoms with Crippen molar-refractivity contribution in [3.63, 3.8) is 0 Å². The Morgan fingerprint density at radius 2 is 2.08 bits per heavy atom. The number of nitrogens with one attached hydrogen (secondary N) is 1. The van der Waals surface area contributed by atoms with Gasteiger partial charge in [0.15, 0.2) is 5.96 Å². The van der Waals surface area contributed by atoms with Crippen molar-refractivity contribution in [3.05, 3.63) is 48.3 Å². The summed E-state index contributed by atoms with van der Waals surface area (Å²) in [4.78, 5) is 6.63. The van der Waals surface area contributed by atoms with E-state index in [1.165, 1.54) is 24.8 Å². The number of hydrogen-bond donors (Lipinski definition) is 1. The molecule has 0 aliphatic carbocycles. The van der Waals surface area contributed by atoms with Gasteiger partial charge in [-0.15, -0.1) is 0 Å². The number of benzene rings is 1. The molecule has 0 spiro atoms. The minimum absolute atomic E-state index is 0.758. The zero-order valence-corrected chi connectivity index (χ0v) is 15.8. The number of ether oxygens (including phenoxy) is 1. The molecular formula is C20H29N5O. The molecule has 1 fully saturated rings. The molecule has 6 nitrogen and oxygen atoms in total. The highest BCUT2D eigenvalue weighted by atomic mass is 16.5. The molecule has 0 saturated carbocycles. The van der Waals surface area contributed by atoms with Gasteiger partial charge < -0.3 is 15.0 Å². The van der Waals surface area contributed by atoms with Crippen LogP contribution in [0.4, 0.5) is 0 Å². The highest BCUT2D eigenvalue weighted by molar-refractivity contribution is 5.79. The highest BCUT2D eigenvalue weighted by Crippen LogP contribution is 2.18. The van der Waals surface area contributed by atoms with Crippen LogP contribution in [0.5, 0.6) is 0 Å². The second-order valence-electron chi connectivity index (χ2n) is 6.78. The molecule has 6 heteroatoms. The molecule has 1 aliphatic rings. The van der Waals surface area contributed by atoms with Gasteiger partial charge in [0.2, 0.25) is 0 Å². The first-order chi connectivity index (χ1) is 12.8. The Balaban J connectivity index is 1.47. The molecule has 1 aliphatic heterocycles. The SMILES string of the molecule is CN=C(NCc1ccc(-n2cccn2)cc1)N(C)CCC1CCOCC1. The van der Waals surface area contributed by atoms with Gasteiger partial charge in [-0.25, -0.2) is 4.68 Å². The van der Waals surface area contributed by atoms with Crippen LogP contribution in [-0.4, -0.2) is 54.5 Å². The monoisotopic (exact) mass is 355 g/mol. The van der Waals surface area contributed by atoms with Crippen molar-refractivity contribution in [2.75, 3.05) is 33.9 Å². The topological polar surface area (TPSA) is 54.7 Å². The first kappa shape index (κ1) is 18.5. The highest BCUT2D eigenvalue weighted by Gasteiger charge is 2.15. The lowest BCUT2D eigenvalue weighted by atomic mass is 9.96. The van der Waals surface area contributed by atoms with Gasteiger partial charge >= 0.3 is 0 Å². The number of nitrogens with zero attached hydrogens (tertiary/aromatic N) is 4. The molecule has 0 radical (unpaired) electrons. The van der Waals surface area contributed by atoms with Crippen LogP contribution in [-0.2, 0) is 11.3 Å². The Morgan fingerprint density at radius 1 is 1.31 bits per heavy atom. The number of guanidine groups is 1. The lowest BCUT2D eigenvalue weighted by Crippen LogP contribution is -2.39. The average molecular weight is 355 g/mol. The molecule has 3 rings (SSSR count). The van der Waals surface area contributed by atoms with E-state index in [0.717, 1.165) is 43.9 Å². The van der Waals surface area contributed by atoms with Crippen LogP contribution in [0.15, 0.2) is 47.7 Å². The van der Waals surface area contributed by atoms with E-state index in [2.05, 4.69) is 51.6 Å². The summed E-state index contributed by atoms with van der Waals surface area (Å²) >= 11 is 0. The van der Waals surface area contributed by atoms with Crippen LogP contribution in [0.2, 0.25) is 0 Å². The van der Waals surface area contributed by atoms with Gasteiger partial charge in [0.1, 0.15) is 0 Å². The van der Waals surface area contributed by atoms with Crippen LogP contribution in [0, 0.1) is 5.92 Å². The molecule has 0 atom stereocenters. The van der Waals surface area contributed by atoms with Gasteiger partial charge in [0.25, 0.3) is 0 Å². The smallest absolute Gasteiger partial charge is 0.193 e. The van der Waals surface area contributed by atoms with Gasteiger partial charge in [0, 0.05) is 52.8 Å². The van der Waals surface area contributed by atoms with Crippen LogP contribution in [0.1, 0.15) is 24.8 Å². The van der Waals surface area contributed by atoms with Crippen molar-refractivity contribution in [1.82, 2.24) is 20.0 Å². The normalized spacial score (nSPS) is 15.8. The van der Waals surface area contributed by atoms with Crippen molar-refractivity contribution in [3.8, 4) is 5.69 Å². The first-order valence-corrected chi connectivity index (χ1v) is 9.35. The Kier molecular flexibility index (Phi) is 6.66. The van der Waals surface area contributed by atoms with Crippen molar-refractivity contribution in [2.24, 2.45) is 10.9 Å². The molecule has 1 N–H and O–H groups in total. The molecule has 0 amide bonds.